The van der Waals surface area contributed by atoms with Gasteiger partial charge in [0.2, 0.25) is 0 Å². The van der Waals surface area contributed by atoms with E-state index >= 15 is 0 Å². The molecule has 0 heterocycles. The molecule has 0 saturated carbocycles. The Labute approximate surface area is 47.3 Å². The Kier molecular flexibility index (Phi) is 3.39. The van der Waals surface area contributed by atoms with E-state index in [2.05, 4.69) is 0 Å². The average molecular weight is 120 g/mol. The van der Waals surface area contributed by atoms with Gasteiger partial charge >= 0.3 is 0 Å². The Balaban J connectivity index is 3.51. The first-order valence-electron chi connectivity index (χ1n) is 2.29. The minimum Gasteiger partial charge on any atom is -0.393 e. The van der Waals surface area contributed by atoms with Crippen molar-refractivity contribution in [2.45, 2.75) is 13.0 Å². The molecule has 0 radical (unpaired) electrons. The first-order valence-corrected chi connectivity index (χ1v) is 2.29. The lowest BCUT2D eigenvalue weighted by Crippen LogP contribution is -2.07. The molecule has 0 saturated heterocycles. The number of hydrogen-bond acceptors (Lipinski definition) is 2. The lowest BCUT2D eigenvalue weighted by atomic mass is 10.3. The predicted molar refractivity (Wildman–Crippen MR) is 28.0 cm³/mol. The van der Waals surface area contributed by atoms with E-state index in [9.17, 15) is 4.39 Å². The SMILES string of the molecule is C/C(F)=C/C(O)CO. The van der Waals surface area contributed by atoms with Crippen LogP contribution in [-0.4, -0.2) is 22.9 Å². The van der Waals surface area contributed by atoms with E-state index in [1.165, 1.54) is 6.92 Å². The van der Waals surface area contributed by atoms with E-state index < -0.39 is 18.5 Å². The Morgan fingerprint density at radius 2 is 2.38 bits per heavy atom. The summed E-state index contributed by atoms with van der Waals surface area (Å²) in [4.78, 5) is 0. The highest BCUT2D eigenvalue weighted by Crippen LogP contribution is 1.94. The number of aliphatic hydroxyl groups excluding tert-OH is 2. The molecule has 0 amide bonds. The number of aliphatic hydroxyl groups is 2. The summed E-state index contributed by atoms with van der Waals surface area (Å²) in [5.41, 5.74) is 0. The number of hydrogen-bond donors (Lipinski definition) is 2. The summed E-state index contributed by atoms with van der Waals surface area (Å²) in [6.45, 7) is 0.778. The second-order valence-electron chi connectivity index (χ2n) is 1.50. The highest BCUT2D eigenvalue weighted by atomic mass is 19.1. The molecule has 0 fully saturated rings. The van der Waals surface area contributed by atoms with Gasteiger partial charge in [-0.25, -0.2) is 4.39 Å². The quantitative estimate of drug-likeness (QED) is 0.547. The van der Waals surface area contributed by atoms with E-state index in [0.29, 0.717) is 0 Å². The number of halogens is 1. The Hall–Kier alpha value is -0.410. The van der Waals surface area contributed by atoms with Crippen molar-refractivity contribution in [3.05, 3.63) is 11.9 Å². The van der Waals surface area contributed by atoms with Crippen molar-refractivity contribution in [1.82, 2.24) is 0 Å². The normalized spacial score (nSPS) is 16.2. The van der Waals surface area contributed by atoms with Gasteiger partial charge in [0.05, 0.1) is 18.5 Å². The summed E-state index contributed by atoms with van der Waals surface area (Å²) in [6, 6.07) is 0. The molecule has 0 spiro atoms. The average Bonchev–Trinajstić information content (AvgIpc) is 1.65. The van der Waals surface area contributed by atoms with Crippen LogP contribution in [0.15, 0.2) is 11.9 Å². The van der Waals surface area contributed by atoms with Gasteiger partial charge in [0.25, 0.3) is 0 Å². The van der Waals surface area contributed by atoms with Crippen molar-refractivity contribution >= 4 is 0 Å². The number of rotatable bonds is 2. The molecule has 3 heteroatoms. The van der Waals surface area contributed by atoms with Crippen LogP contribution in [0.3, 0.4) is 0 Å². The third-order valence-corrected chi connectivity index (χ3v) is 0.609. The molecule has 2 nitrogen and oxygen atoms in total. The van der Waals surface area contributed by atoms with Crippen LogP contribution in [0.25, 0.3) is 0 Å². The first kappa shape index (κ1) is 7.59. The van der Waals surface area contributed by atoms with Gasteiger partial charge in [-0.1, -0.05) is 0 Å². The fourth-order valence-electron chi connectivity index (χ4n) is 0.318. The van der Waals surface area contributed by atoms with Crippen molar-refractivity contribution in [1.29, 1.82) is 0 Å². The van der Waals surface area contributed by atoms with Gasteiger partial charge in [-0.05, 0) is 13.0 Å². The van der Waals surface area contributed by atoms with Crippen LogP contribution >= 0.6 is 0 Å². The standard InChI is InChI=1S/C5H9FO2/c1-4(6)2-5(8)3-7/h2,5,7-8H,3H2,1H3/b4-2-. The zero-order valence-electron chi connectivity index (χ0n) is 4.63. The summed E-state index contributed by atoms with van der Waals surface area (Å²) >= 11 is 0. The highest BCUT2D eigenvalue weighted by Gasteiger charge is 1.95. The largest absolute Gasteiger partial charge is 0.393 e. The van der Waals surface area contributed by atoms with E-state index in [4.69, 9.17) is 10.2 Å². The zero-order valence-corrected chi connectivity index (χ0v) is 4.63. The zero-order chi connectivity index (χ0) is 6.57. The lowest BCUT2D eigenvalue weighted by molar-refractivity contribution is 0.129. The summed E-state index contributed by atoms with van der Waals surface area (Å²) in [5, 5.41) is 16.6. The van der Waals surface area contributed by atoms with E-state index in [1.807, 2.05) is 0 Å². The highest BCUT2D eigenvalue weighted by molar-refractivity contribution is 4.92. The van der Waals surface area contributed by atoms with Gasteiger partial charge in [0.1, 0.15) is 0 Å². The van der Waals surface area contributed by atoms with Crippen molar-refractivity contribution in [2.75, 3.05) is 6.61 Å². The molecular formula is C5H9FO2. The molecule has 2 N–H and O–H groups in total. The molecule has 0 aliphatic heterocycles. The van der Waals surface area contributed by atoms with Crippen LogP contribution in [0.2, 0.25) is 0 Å². The van der Waals surface area contributed by atoms with Gasteiger partial charge in [-0.3, -0.25) is 0 Å². The molecule has 0 rings (SSSR count). The molecule has 0 aromatic rings. The van der Waals surface area contributed by atoms with E-state index in [1.54, 1.807) is 0 Å². The predicted octanol–water partition coefficient (Wildman–Crippen LogP) is 0.213. The summed E-state index contributed by atoms with van der Waals surface area (Å²) < 4.78 is 11.7. The van der Waals surface area contributed by atoms with Crippen LogP contribution < -0.4 is 0 Å². The molecule has 0 aliphatic rings. The van der Waals surface area contributed by atoms with Gasteiger partial charge in [0.15, 0.2) is 0 Å². The first-order chi connectivity index (χ1) is 3.66. The molecule has 1 atom stereocenters. The van der Waals surface area contributed by atoms with Crippen LogP contribution in [-0.2, 0) is 0 Å². The molecule has 0 aromatic carbocycles. The lowest BCUT2D eigenvalue weighted by Gasteiger charge is -1.96. The van der Waals surface area contributed by atoms with Crippen molar-refractivity contribution in [2.24, 2.45) is 0 Å². The molecule has 48 valence electrons. The molecule has 1 unspecified atom stereocenters. The van der Waals surface area contributed by atoms with Gasteiger partial charge < -0.3 is 10.2 Å². The second kappa shape index (κ2) is 3.57. The van der Waals surface area contributed by atoms with E-state index in [-0.39, 0.29) is 0 Å². The monoisotopic (exact) mass is 120 g/mol. The van der Waals surface area contributed by atoms with Crippen LogP contribution in [0, 0.1) is 0 Å². The van der Waals surface area contributed by atoms with Crippen LogP contribution in [0.5, 0.6) is 0 Å². The minimum absolute atomic E-state index is 0.429. The fourth-order valence-corrected chi connectivity index (χ4v) is 0.318. The molecular weight excluding hydrogens is 111 g/mol. The topological polar surface area (TPSA) is 40.5 Å². The smallest absolute Gasteiger partial charge is 0.0979 e. The maximum Gasteiger partial charge on any atom is 0.0979 e. The van der Waals surface area contributed by atoms with E-state index in [0.717, 1.165) is 6.08 Å². The minimum atomic E-state index is -1.06. The van der Waals surface area contributed by atoms with Crippen LogP contribution in [0.1, 0.15) is 6.92 Å². The summed E-state index contributed by atoms with van der Waals surface area (Å²) in [6.07, 6.45) is -0.111. The Morgan fingerprint density at radius 3 is 2.50 bits per heavy atom. The van der Waals surface area contributed by atoms with Gasteiger partial charge in [-0.15, -0.1) is 0 Å². The maximum absolute atomic E-state index is 11.7. The van der Waals surface area contributed by atoms with Crippen LogP contribution in [0.4, 0.5) is 4.39 Å². The Bertz CT molecular complexity index is 86.4. The van der Waals surface area contributed by atoms with Gasteiger partial charge in [-0.2, -0.15) is 0 Å². The molecule has 8 heavy (non-hydrogen) atoms. The number of allylic oxidation sites excluding steroid dienone is 1. The van der Waals surface area contributed by atoms with Crippen molar-refractivity contribution in [3.63, 3.8) is 0 Å². The fraction of sp³-hybridized carbons (Fsp3) is 0.600. The van der Waals surface area contributed by atoms with Crippen molar-refractivity contribution in [3.8, 4) is 0 Å². The van der Waals surface area contributed by atoms with Gasteiger partial charge in [0, 0.05) is 0 Å². The molecule has 0 aromatic heterocycles. The molecule has 0 bridgehead atoms. The second-order valence-corrected chi connectivity index (χ2v) is 1.50. The molecule has 0 aliphatic carbocycles. The summed E-state index contributed by atoms with van der Waals surface area (Å²) in [5.74, 6) is -0.480. The third-order valence-electron chi connectivity index (χ3n) is 0.609. The Morgan fingerprint density at radius 1 is 1.88 bits per heavy atom. The maximum atomic E-state index is 11.7. The summed E-state index contributed by atoms with van der Waals surface area (Å²) in [7, 11) is 0. The third kappa shape index (κ3) is 3.77. The van der Waals surface area contributed by atoms with Crippen molar-refractivity contribution < 1.29 is 14.6 Å².